The van der Waals surface area contributed by atoms with Gasteiger partial charge < -0.3 is 5.32 Å². The van der Waals surface area contributed by atoms with E-state index < -0.39 is 0 Å². The van der Waals surface area contributed by atoms with Crippen molar-refractivity contribution in [2.24, 2.45) is 0 Å². The van der Waals surface area contributed by atoms with Gasteiger partial charge in [-0.2, -0.15) is 5.10 Å². The molecular formula is C18H18ClN3OS. The molecule has 1 atom stereocenters. The summed E-state index contributed by atoms with van der Waals surface area (Å²) in [4.78, 5) is 13.7. The van der Waals surface area contributed by atoms with E-state index in [9.17, 15) is 4.79 Å². The van der Waals surface area contributed by atoms with Crippen molar-refractivity contribution in [2.75, 3.05) is 0 Å². The van der Waals surface area contributed by atoms with Gasteiger partial charge in [0, 0.05) is 11.1 Å². The minimum absolute atomic E-state index is 0.108. The lowest BCUT2D eigenvalue weighted by atomic mass is 10.2. The van der Waals surface area contributed by atoms with Crippen molar-refractivity contribution in [3.05, 3.63) is 58.6 Å². The highest BCUT2D eigenvalue weighted by Crippen LogP contribution is 2.26. The summed E-state index contributed by atoms with van der Waals surface area (Å²) in [7, 11) is 0. The third-order valence-corrected chi connectivity index (χ3v) is 4.92. The fourth-order valence-electron chi connectivity index (χ4n) is 2.27. The zero-order valence-corrected chi connectivity index (χ0v) is 15.1. The molecule has 0 aliphatic heterocycles. The summed E-state index contributed by atoms with van der Waals surface area (Å²) in [5.41, 5.74) is 2.10. The van der Waals surface area contributed by atoms with Gasteiger partial charge in [-0.15, -0.1) is 11.3 Å². The largest absolute Gasteiger partial charge is 0.348 e. The van der Waals surface area contributed by atoms with Gasteiger partial charge in [-0.1, -0.05) is 24.6 Å². The first-order valence-corrected chi connectivity index (χ1v) is 9.05. The van der Waals surface area contributed by atoms with E-state index in [0.29, 0.717) is 10.7 Å². The molecule has 0 radical (unpaired) electrons. The van der Waals surface area contributed by atoms with Crippen LogP contribution in [-0.2, 0) is 0 Å². The number of carbonyl (C=O) groups excluding carboxylic acids is 1. The normalized spacial score (nSPS) is 12.1. The number of halogens is 1. The highest BCUT2D eigenvalue weighted by Gasteiger charge is 2.19. The third kappa shape index (κ3) is 3.52. The molecule has 3 rings (SSSR count). The molecule has 2 aromatic heterocycles. The van der Waals surface area contributed by atoms with E-state index in [2.05, 4.69) is 10.4 Å². The summed E-state index contributed by atoms with van der Waals surface area (Å²) in [6.07, 6.45) is 0.874. The Morgan fingerprint density at radius 3 is 2.71 bits per heavy atom. The van der Waals surface area contributed by atoms with E-state index >= 15 is 0 Å². The molecule has 24 heavy (non-hydrogen) atoms. The molecule has 1 aromatic carbocycles. The Balaban J connectivity index is 2.04. The molecule has 0 spiro atoms. The van der Waals surface area contributed by atoms with E-state index in [0.717, 1.165) is 22.7 Å². The van der Waals surface area contributed by atoms with E-state index in [-0.39, 0.29) is 11.9 Å². The summed E-state index contributed by atoms with van der Waals surface area (Å²) in [5.74, 6) is -0.130. The second-order valence-corrected chi connectivity index (χ2v) is 6.95. The number of hydrogen-bond donors (Lipinski definition) is 1. The van der Waals surface area contributed by atoms with Crippen LogP contribution in [0.15, 0.2) is 47.8 Å². The standard InChI is InChI=1S/C18H18ClN3OS/c1-3-12(2)20-18(23)16-11-15(17-5-4-10-24-17)21-22(16)14-8-6-13(19)7-9-14/h4-12H,3H2,1-2H3,(H,20,23)/t12-/m0/s1. The number of carbonyl (C=O) groups is 1. The van der Waals surface area contributed by atoms with Gasteiger partial charge in [0.05, 0.1) is 10.6 Å². The van der Waals surface area contributed by atoms with Crippen molar-refractivity contribution in [2.45, 2.75) is 26.3 Å². The first-order valence-electron chi connectivity index (χ1n) is 7.79. The molecule has 1 N–H and O–H groups in total. The number of aromatic nitrogens is 2. The van der Waals surface area contributed by atoms with E-state index in [1.54, 1.807) is 28.2 Å². The van der Waals surface area contributed by atoms with Crippen LogP contribution in [0.4, 0.5) is 0 Å². The van der Waals surface area contributed by atoms with Crippen LogP contribution in [0, 0.1) is 0 Å². The second-order valence-electron chi connectivity index (χ2n) is 5.56. The van der Waals surface area contributed by atoms with Crippen LogP contribution in [-0.4, -0.2) is 21.7 Å². The molecule has 0 aliphatic carbocycles. The molecule has 4 nitrogen and oxygen atoms in total. The molecule has 2 heterocycles. The number of thiophene rings is 1. The number of nitrogens with one attached hydrogen (secondary N) is 1. The van der Waals surface area contributed by atoms with Gasteiger partial charge in [-0.05, 0) is 55.1 Å². The molecule has 3 aromatic rings. The van der Waals surface area contributed by atoms with Gasteiger partial charge in [0.25, 0.3) is 5.91 Å². The molecule has 0 fully saturated rings. The zero-order valence-electron chi connectivity index (χ0n) is 13.5. The van der Waals surface area contributed by atoms with Crippen LogP contribution in [0.5, 0.6) is 0 Å². The minimum atomic E-state index is -0.130. The van der Waals surface area contributed by atoms with E-state index in [1.165, 1.54) is 0 Å². The fraction of sp³-hybridized carbons (Fsp3) is 0.222. The summed E-state index contributed by atoms with van der Waals surface area (Å²) in [5, 5.41) is 10.3. The Bertz CT molecular complexity index is 825. The predicted molar refractivity (Wildman–Crippen MR) is 99.1 cm³/mol. The van der Waals surface area contributed by atoms with Gasteiger partial charge >= 0.3 is 0 Å². The quantitative estimate of drug-likeness (QED) is 0.712. The number of benzene rings is 1. The second kappa shape index (κ2) is 7.20. The maximum absolute atomic E-state index is 12.7. The molecule has 0 bridgehead atoms. The Morgan fingerprint density at radius 2 is 2.08 bits per heavy atom. The van der Waals surface area contributed by atoms with Gasteiger partial charge in [0.2, 0.25) is 0 Å². The maximum Gasteiger partial charge on any atom is 0.270 e. The number of hydrogen-bond acceptors (Lipinski definition) is 3. The summed E-state index contributed by atoms with van der Waals surface area (Å²) in [6, 6.07) is 13.2. The SMILES string of the molecule is CC[C@H](C)NC(=O)c1cc(-c2cccs2)nn1-c1ccc(Cl)cc1. The Hall–Kier alpha value is -2.11. The number of amides is 1. The fourth-order valence-corrected chi connectivity index (χ4v) is 3.07. The van der Waals surface area contributed by atoms with Crippen molar-refractivity contribution in [3.63, 3.8) is 0 Å². The van der Waals surface area contributed by atoms with Crippen molar-refractivity contribution in [3.8, 4) is 16.3 Å². The average molecular weight is 360 g/mol. The smallest absolute Gasteiger partial charge is 0.270 e. The number of rotatable bonds is 5. The minimum Gasteiger partial charge on any atom is -0.348 e. The highest BCUT2D eigenvalue weighted by atomic mass is 35.5. The first kappa shape index (κ1) is 16.7. The van der Waals surface area contributed by atoms with Crippen molar-refractivity contribution in [1.29, 1.82) is 0 Å². The van der Waals surface area contributed by atoms with Crippen molar-refractivity contribution < 1.29 is 4.79 Å². The van der Waals surface area contributed by atoms with Crippen LogP contribution in [0.3, 0.4) is 0 Å². The molecule has 0 unspecified atom stereocenters. The molecule has 0 saturated carbocycles. The van der Waals surface area contributed by atoms with Crippen LogP contribution >= 0.6 is 22.9 Å². The average Bonchev–Trinajstić information content (AvgIpc) is 3.24. The van der Waals surface area contributed by atoms with Gasteiger partial charge in [0.15, 0.2) is 0 Å². The summed E-state index contributed by atoms with van der Waals surface area (Å²) < 4.78 is 1.67. The van der Waals surface area contributed by atoms with Crippen LogP contribution in [0.2, 0.25) is 5.02 Å². The molecule has 6 heteroatoms. The van der Waals surface area contributed by atoms with E-state index in [1.807, 2.05) is 49.6 Å². The molecular weight excluding hydrogens is 342 g/mol. The molecule has 1 amide bonds. The molecule has 124 valence electrons. The van der Waals surface area contributed by atoms with Crippen LogP contribution in [0.25, 0.3) is 16.3 Å². The maximum atomic E-state index is 12.7. The van der Waals surface area contributed by atoms with Crippen molar-refractivity contribution >= 4 is 28.8 Å². The first-order chi connectivity index (χ1) is 11.6. The zero-order chi connectivity index (χ0) is 17.1. The van der Waals surface area contributed by atoms with Crippen LogP contribution < -0.4 is 5.32 Å². The van der Waals surface area contributed by atoms with E-state index in [4.69, 9.17) is 11.6 Å². The molecule has 0 saturated heterocycles. The topological polar surface area (TPSA) is 46.9 Å². The Morgan fingerprint density at radius 1 is 1.33 bits per heavy atom. The number of nitrogens with zero attached hydrogens (tertiary/aromatic N) is 2. The van der Waals surface area contributed by atoms with Crippen LogP contribution in [0.1, 0.15) is 30.8 Å². The summed E-state index contributed by atoms with van der Waals surface area (Å²) >= 11 is 7.57. The molecule has 0 aliphatic rings. The lowest BCUT2D eigenvalue weighted by molar-refractivity contribution is 0.0931. The Kier molecular flexibility index (Phi) is 5.02. The van der Waals surface area contributed by atoms with Gasteiger partial charge in [0.1, 0.15) is 11.4 Å². The lowest BCUT2D eigenvalue weighted by Gasteiger charge is -2.12. The van der Waals surface area contributed by atoms with Gasteiger partial charge in [-0.3, -0.25) is 4.79 Å². The monoisotopic (exact) mass is 359 g/mol. The lowest BCUT2D eigenvalue weighted by Crippen LogP contribution is -2.33. The highest BCUT2D eigenvalue weighted by molar-refractivity contribution is 7.13. The summed E-state index contributed by atoms with van der Waals surface area (Å²) in [6.45, 7) is 4.03. The van der Waals surface area contributed by atoms with Crippen molar-refractivity contribution in [1.82, 2.24) is 15.1 Å². The Labute approximate surface area is 150 Å². The third-order valence-electron chi connectivity index (χ3n) is 3.78. The van der Waals surface area contributed by atoms with Gasteiger partial charge in [-0.25, -0.2) is 4.68 Å². The predicted octanol–water partition coefficient (Wildman–Crippen LogP) is 4.78.